The number of aryl methyl sites for hydroxylation is 1. The van der Waals surface area contributed by atoms with Gasteiger partial charge in [0.2, 0.25) is 0 Å². The van der Waals surface area contributed by atoms with Crippen LogP contribution in [-0.2, 0) is 4.74 Å². The maximum Gasteiger partial charge on any atom is 0.338 e. The summed E-state index contributed by atoms with van der Waals surface area (Å²) < 4.78 is 11.2. The molecule has 0 unspecified atom stereocenters. The van der Waals surface area contributed by atoms with Crippen LogP contribution in [0.5, 0.6) is 11.5 Å². The Labute approximate surface area is 166 Å². The molecule has 0 spiro atoms. The molecule has 2 rings (SSSR count). The van der Waals surface area contributed by atoms with Crippen LogP contribution in [0.4, 0.5) is 5.69 Å². The first-order valence-corrected chi connectivity index (χ1v) is 9.32. The first kappa shape index (κ1) is 21.7. The van der Waals surface area contributed by atoms with E-state index in [4.69, 9.17) is 9.47 Å². The predicted octanol–water partition coefficient (Wildman–Crippen LogP) is 3.53. The Kier molecular flexibility index (Phi) is 7.43. The maximum absolute atomic E-state index is 12.1. The standard InChI is InChI=1S/C22H29NO5/c1-16-15-19(9-10-20(16)23(11-13-24)12-14-25)27-18-7-5-17(6-8-18)21(26)28-22(2,3)4/h5-10,15,24-25H,11-14H2,1-4H3. The lowest BCUT2D eigenvalue weighted by Crippen LogP contribution is -2.30. The average Bonchev–Trinajstić information content (AvgIpc) is 2.61. The molecule has 6 nitrogen and oxygen atoms in total. The van der Waals surface area contributed by atoms with Crippen molar-refractivity contribution in [3.63, 3.8) is 0 Å². The van der Waals surface area contributed by atoms with Gasteiger partial charge in [0.1, 0.15) is 17.1 Å². The van der Waals surface area contributed by atoms with Gasteiger partial charge in [0.25, 0.3) is 0 Å². The van der Waals surface area contributed by atoms with E-state index < -0.39 is 5.60 Å². The molecule has 0 saturated carbocycles. The maximum atomic E-state index is 12.1. The van der Waals surface area contributed by atoms with E-state index in [9.17, 15) is 15.0 Å². The monoisotopic (exact) mass is 387 g/mol. The zero-order valence-electron chi connectivity index (χ0n) is 16.9. The molecule has 2 aromatic carbocycles. The van der Waals surface area contributed by atoms with Crippen molar-refractivity contribution >= 4 is 11.7 Å². The van der Waals surface area contributed by atoms with Crippen LogP contribution in [0.1, 0.15) is 36.7 Å². The summed E-state index contributed by atoms with van der Waals surface area (Å²) >= 11 is 0. The number of nitrogens with zero attached hydrogens (tertiary/aromatic N) is 1. The van der Waals surface area contributed by atoms with Crippen molar-refractivity contribution in [2.75, 3.05) is 31.2 Å². The van der Waals surface area contributed by atoms with Gasteiger partial charge in [-0.05, 0) is 75.7 Å². The molecule has 0 bridgehead atoms. The average molecular weight is 387 g/mol. The van der Waals surface area contributed by atoms with Gasteiger partial charge in [-0.3, -0.25) is 0 Å². The first-order valence-electron chi connectivity index (χ1n) is 9.32. The third kappa shape index (κ3) is 6.25. The van der Waals surface area contributed by atoms with Crippen molar-refractivity contribution in [2.45, 2.75) is 33.3 Å². The van der Waals surface area contributed by atoms with Crippen LogP contribution in [-0.4, -0.2) is 48.1 Å². The van der Waals surface area contributed by atoms with Crippen molar-refractivity contribution in [1.29, 1.82) is 0 Å². The summed E-state index contributed by atoms with van der Waals surface area (Å²) in [4.78, 5) is 14.0. The normalized spacial score (nSPS) is 11.2. The number of carbonyl (C=O) groups is 1. The third-order valence-electron chi connectivity index (χ3n) is 3.97. The number of hydrogen-bond acceptors (Lipinski definition) is 6. The first-order chi connectivity index (χ1) is 13.2. The molecule has 28 heavy (non-hydrogen) atoms. The van der Waals surface area contributed by atoms with Crippen LogP contribution in [0.2, 0.25) is 0 Å². The molecule has 0 aliphatic heterocycles. The molecule has 0 amide bonds. The van der Waals surface area contributed by atoms with Gasteiger partial charge in [-0.1, -0.05) is 0 Å². The van der Waals surface area contributed by atoms with Crippen molar-refractivity contribution < 1.29 is 24.5 Å². The Balaban J connectivity index is 2.09. The second kappa shape index (κ2) is 9.57. The molecular formula is C22H29NO5. The fourth-order valence-electron chi connectivity index (χ4n) is 2.77. The summed E-state index contributed by atoms with van der Waals surface area (Å²) in [6.07, 6.45) is 0. The zero-order valence-corrected chi connectivity index (χ0v) is 16.9. The lowest BCUT2D eigenvalue weighted by molar-refractivity contribution is 0.00695. The number of ether oxygens (including phenoxy) is 2. The minimum atomic E-state index is -0.536. The highest BCUT2D eigenvalue weighted by Crippen LogP contribution is 2.28. The Bertz CT molecular complexity index is 775. The molecule has 0 aliphatic carbocycles. The van der Waals surface area contributed by atoms with Crippen LogP contribution in [0.3, 0.4) is 0 Å². The molecule has 0 heterocycles. The molecule has 0 radical (unpaired) electrons. The van der Waals surface area contributed by atoms with Gasteiger partial charge in [-0.25, -0.2) is 4.79 Å². The molecule has 0 atom stereocenters. The fourth-order valence-corrected chi connectivity index (χ4v) is 2.77. The second-order valence-corrected chi connectivity index (χ2v) is 7.51. The molecule has 2 aromatic rings. The van der Waals surface area contributed by atoms with E-state index in [-0.39, 0.29) is 19.2 Å². The smallest absolute Gasteiger partial charge is 0.338 e. The minimum absolute atomic E-state index is 0.0156. The zero-order chi connectivity index (χ0) is 20.7. The van der Waals surface area contributed by atoms with Gasteiger partial charge >= 0.3 is 5.97 Å². The SMILES string of the molecule is Cc1cc(Oc2ccc(C(=O)OC(C)(C)C)cc2)ccc1N(CCO)CCO. The van der Waals surface area contributed by atoms with Gasteiger partial charge in [-0.15, -0.1) is 0 Å². The van der Waals surface area contributed by atoms with Gasteiger partial charge < -0.3 is 24.6 Å². The number of aliphatic hydroxyl groups excluding tert-OH is 2. The van der Waals surface area contributed by atoms with Crippen molar-refractivity contribution in [2.24, 2.45) is 0 Å². The number of anilines is 1. The molecular weight excluding hydrogens is 358 g/mol. The molecule has 6 heteroatoms. The van der Waals surface area contributed by atoms with Crippen LogP contribution >= 0.6 is 0 Å². The van der Waals surface area contributed by atoms with E-state index in [2.05, 4.69) is 0 Å². The van der Waals surface area contributed by atoms with E-state index >= 15 is 0 Å². The van der Waals surface area contributed by atoms with Crippen LogP contribution in [0.25, 0.3) is 0 Å². The quantitative estimate of drug-likeness (QED) is 0.675. The highest BCUT2D eigenvalue weighted by molar-refractivity contribution is 5.89. The van der Waals surface area contributed by atoms with E-state index in [1.165, 1.54) is 0 Å². The molecule has 0 saturated heterocycles. The Morgan fingerprint density at radius 2 is 1.54 bits per heavy atom. The molecule has 152 valence electrons. The predicted molar refractivity (Wildman–Crippen MR) is 109 cm³/mol. The van der Waals surface area contributed by atoms with Crippen molar-refractivity contribution in [1.82, 2.24) is 0 Å². The summed E-state index contributed by atoms with van der Waals surface area (Å²) in [5.41, 5.74) is 1.85. The summed E-state index contributed by atoms with van der Waals surface area (Å²) in [6, 6.07) is 12.5. The number of aliphatic hydroxyl groups is 2. The van der Waals surface area contributed by atoms with Crippen LogP contribution in [0.15, 0.2) is 42.5 Å². The Morgan fingerprint density at radius 1 is 0.964 bits per heavy atom. The van der Waals surface area contributed by atoms with Crippen molar-refractivity contribution in [3.8, 4) is 11.5 Å². The van der Waals surface area contributed by atoms with Gasteiger partial charge in [0.05, 0.1) is 18.8 Å². The molecule has 0 aliphatic rings. The highest BCUT2D eigenvalue weighted by atomic mass is 16.6. The van der Waals surface area contributed by atoms with Gasteiger partial charge in [-0.2, -0.15) is 0 Å². The number of esters is 1. The summed E-state index contributed by atoms with van der Waals surface area (Å²) in [7, 11) is 0. The van der Waals surface area contributed by atoms with E-state index in [1.807, 2.05) is 50.8 Å². The number of hydrogen-bond donors (Lipinski definition) is 2. The second-order valence-electron chi connectivity index (χ2n) is 7.51. The lowest BCUT2D eigenvalue weighted by atomic mass is 10.1. The summed E-state index contributed by atoms with van der Waals surface area (Å²) in [6.45, 7) is 8.38. The highest BCUT2D eigenvalue weighted by Gasteiger charge is 2.17. The lowest BCUT2D eigenvalue weighted by Gasteiger charge is -2.25. The van der Waals surface area contributed by atoms with Gasteiger partial charge in [0, 0.05) is 18.8 Å². The Hall–Kier alpha value is -2.57. The van der Waals surface area contributed by atoms with Crippen molar-refractivity contribution in [3.05, 3.63) is 53.6 Å². The Morgan fingerprint density at radius 3 is 2.04 bits per heavy atom. The fraction of sp³-hybridized carbons (Fsp3) is 0.409. The van der Waals surface area contributed by atoms with Crippen LogP contribution in [0, 0.1) is 6.92 Å². The summed E-state index contributed by atoms with van der Waals surface area (Å²) in [5.74, 6) is 0.911. The number of rotatable bonds is 8. The van der Waals surface area contributed by atoms with E-state index in [0.29, 0.717) is 30.2 Å². The molecule has 0 fully saturated rings. The molecule has 2 N–H and O–H groups in total. The summed E-state index contributed by atoms with van der Waals surface area (Å²) in [5, 5.41) is 18.4. The number of carbonyl (C=O) groups excluding carboxylic acids is 1. The molecule has 0 aromatic heterocycles. The third-order valence-corrected chi connectivity index (χ3v) is 3.97. The van der Waals surface area contributed by atoms with Gasteiger partial charge in [0.15, 0.2) is 0 Å². The number of benzene rings is 2. The van der Waals surface area contributed by atoms with E-state index in [1.54, 1.807) is 24.3 Å². The topological polar surface area (TPSA) is 79.2 Å². The van der Waals surface area contributed by atoms with Crippen LogP contribution < -0.4 is 9.64 Å². The minimum Gasteiger partial charge on any atom is -0.457 e. The van der Waals surface area contributed by atoms with E-state index in [0.717, 1.165) is 11.3 Å². The largest absolute Gasteiger partial charge is 0.457 e.